The summed E-state index contributed by atoms with van der Waals surface area (Å²) < 4.78 is 0. The Kier molecular flexibility index (Phi) is 4.39. The molecule has 106 valence electrons. The van der Waals surface area contributed by atoms with Crippen LogP contribution in [-0.4, -0.2) is 0 Å². The van der Waals surface area contributed by atoms with Crippen LogP contribution in [0, 0.1) is 41.5 Å². The van der Waals surface area contributed by atoms with Gasteiger partial charge in [0.25, 0.3) is 0 Å². The van der Waals surface area contributed by atoms with E-state index in [2.05, 4.69) is 81.7 Å². The lowest BCUT2D eigenvalue weighted by atomic mass is 9.88. The molecule has 0 heterocycles. The van der Waals surface area contributed by atoms with Crippen LogP contribution in [0.4, 0.5) is 0 Å². The third-order valence-electron chi connectivity index (χ3n) is 4.60. The molecule has 0 bridgehead atoms. The molecule has 20 heavy (non-hydrogen) atoms. The zero-order chi connectivity index (χ0) is 15.0. The number of hydrogen-bond acceptors (Lipinski definition) is 0. The minimum atomic E-state index is 0.265. The topological polar surface area (TPSA) is 0 Å². The van der Waals surface area contributed by atoms with Gasteiger partial charge >= 0.3 is 0 Å². The lowest BCUT2D eigenvalue weighted by molar-refractivity contribution is 1.05. The first-order valence-corrected chi connectivity index (χ1v) is 8.03. The lowest BCUT2D eigenvalue weighted by Gasteiger charge is -2.22. The molecule has 2 aromatic rings. The minimum absolute atomic E-state index is 0.265. The third kappa shape index (κ3) is 2.56. The van der Waals surface area contributed by atoms with Crippen molar-refractivity contribution in [2.75, 3.05) is 0 Å². The predicted molar refractivity (Wildman–Crippen MR) is 92.1 cm³/mol. The molecule has 1 atom stereocenters. The summed E-state index contributed by atoms with van der Waals surface area (Å²) in [6.45, 7) is 13.3. The number of hydrogen-bond donors (Lipinski definition) is 0. The average Bonchev–Trinajstić information content (AvgIpc) is 2.40. The van der Waals surface area contributed by atoms with Crippen molar-refractivity contribution in [3.63, 3.8) is 0 Å². The Morgan fingerprint density at radius 1 is 0.750 bits per heavy atom. The predicted octanol–water partition coefficient (Wildman–Crippen LogP) is 6.02. The van der Waals surface area contributed by atoms with Crippen LogP contribution in [0.2, 0.25) is 0 Å². The number of rotatable bonds is 2. The lowest BCUT2D eigenvalue weighted by Crippen LogP contribution is -2.05. The van der Waals surface area contributed by atoms with Gasteiger partial charge in [-0.05, 0) is 86.1 Å². The van der Waals surface area contributed by atoms with Gasteiger partial charge in [0.05, 0.1) is 4.83 Å². The average molecular weight is 331 g/mol. The molecule has 1 unspecified atom stereocenters. The monoisotopic (exact) mass is 330 g/mol. The van der Waals surface area contributed by atoms with Gasteiger partial charge in [-0.15, -0.1) is 0 Å². The zero-order valence-electron chi connectivity index (χ0n) is 13.3. The second-order valence-corrected chi connectivity index (χ2v) is 6.74. The third-order valence-corrected chi connectivity index (χ3v) is 5.55. The van der Waals surface area contributed by atoms with Crippen LogP contribution in [0.5, 0.6) is 0 Å². The van der Waals surface area contributed by atoms with Gasteiger partial charge in [0.2, 0.25) is 0 Å². The van der Waals surface area contributed by atoms with Crippen LogP contribution in [0.3, 0.4) is 0 Å². The van der Waals surface area contributed by atoms with E-state index in [9.17, 15) is 0 Å². The first-order chi connectivity index (χ1) is 9.34. The minimum Gasteiger partial charge on any atom is -0.0786 e. The molecule has 2 rings (SSSR count). The van der Waals surface area contributed by atoms with Gasteiger partial charge in [0, 0.05) is 0 Å². The SMILES string of the molecule is Cc1cccc(C(Br)c2c(C)c(C)cc(C)c2C)c1C. The van der Waals surface area contributed by atoms with Gasteiger partial charge in [-0.1, -0.05) is 40.2 Å². The maximum absolute atomic E-state index is 3.95. The quantitative estimate of drug-likeness (QED) is 0.590. The second kappa shape index (κ2) is 5.73. The fourth-order valence-electron chi connectivity index (χ4n) is 2.83. The van der Waals surface area contributed by atoms with E-state index in [-0.39, 0.29) is 4.83 Å². The summed E-state index contributed by atoms with van der Waals surface area (Å²) in [4.78, 5) is 0.265. The molecule has 0 spiro atoms. The smallest absolute Gasteiger partial charge is 0.0652 e. The summed E-state index contributed by atoms with van der Waals surface area (Å²) in [6, 6.07) is 8.86. The number of benzene rings is 2. The molecular weight excluding hydrogens is 308 g/mol. The normalized spacial score (nSPS) is 12.6. The second-order valence-electron chi connectivity index (χ2n) is 5.83. The van der Waals surface area contributed by atoms with Crippen LogP contribution in [0.1, 0.15) is 49.3 Å². The van der Waals surface area contributed by atoms with Crippen LogP contribution in [0.25, 0.3) is 0 Å². The Morgan fingerprint density at radius 2 is 1.30 bits per heavy atom. The molecule has 0 aliphatic heterocycles. The van der Waals surface area contributed by atoms with Gasteiger partial charge < -0.3 is 0 Å². The van der Waals surface area contributed by atoms with E-state index in [1.165, 1.54) is 44.5 Å². The first kappa shape index (κ1) is 15.3. The number of alkyl halides is 1. The van der Waals surface area contributed by atoms with Crippen molar-refractivity contribution in [2.24, 2.45) is 0 Å². The standard InChI is InChI=1S/C19H23Br/c1-11-8-7-9-17(14(11)4)19(20)18-15(5)12(2)10-13(3)16(18)6/h7-10,19H,1-6H3. The van der Waals surface area contributed by atoms with Crippen molar-refractivity contribution in [3.8, 4) is 0 Å². The van der Waals surface area contributed by atoms with Crippen molar-refractivity contribution in [2.45, 2.75) is 46.4 Å². The molecule has 0 amide bonds. The summed E-state index contributed by atoms with van der Waals surface area (Å²) in [5, 5.41) is 0. The number of halogens is 1. The maximum Gasteiger partial charge on any atom is 0.0652 e. The van der Waals surface area contributed by atoms with Crippen molar-refractivity contribution in [1.29, 1.82) is 0 Å². The van der Waals surface area contributed by atoms with E-state index < -0.39 is 0 Å². The molecule has 0 saturated heterocycles. The Labute approximate surface area is 131 Å². The summed E-state index contributed by atoms with van der Waals surface area (Å²) in [7, 11) is 0. The highest BCUT2D eigenvalue weighted by Crippen LogP contribution is 2.39. The molecule has 0 radical (unpaired) electrons. The van der Waals surface area contributed by atoms with Gasteiger partial charge in [0.1, 0.15) is 0 Å². The largest absolute Gasteiger partial charge is 0.0786 e. The summed E-state index contributed by atoms with van der Waals surface area (Å²) in [5.74, 6) is 0. The van der Waals surface area contributed by atoms with Gasteiger partial charge in [-0.25, -0.2) is 0 Å². The molecular formula is C19H23Br. The van der Waals surface area contributed by atoms with E-state index in [0.29, 0.717) is 0 Å². The van der Waals surface area contributed by atoms with Crippen LogP contribution in [0.15, 0.2) is 24.3 Å². The summed E-state index contributed by atoms with van der Waals surface area (Å²) >= 11 is 3.95. The Morgan fingerprint density at radius 3 is 1.85 bits per heavy atom. The summed E-state index contributed by atoms with van der Waals surface area (Å²) in [5.41, 5.74) is 11.1. The van der Waals surface area contributed by atoms with Crippen molar-refractivity contribution >= 4 is 15.9 Å². The van der Waals surface area contributed by atoms with Crippen molar-refractivity contribution < 1.29 is 0 Å². The molecule has 0 aliphatic rings. The fourth-order valence-corrected chi connectivity index (χ4v) is 4.01. The Hall–Kier alpha value is -1.08. The molecule has 0 aromatic heterocycles. The molecule has 0 nitrogen and oxygen atoms in total. The van der Waals surface area contributed by atoms with Crippen LogP contribution < -0.4 is 0 Å². The summed E-state index contributed by atoms with van der Waals surface area (Å²) in [6.07, 6.45) is 0. The van der Waals surface area contributed by atoms with Crippen LogP contribution >= 0.6 is 15.9 Å². The maximum atomic E-state index is 3.95. The van der Waals surface area contributed by atoms with Gasteiger partial charge in [-0.3, -0.25) is 0 Å². The van der Waals surface area contributed by atoms with Crippen molar-refractivity contribution in [3.05, 3.63) is 68.8 Å². The zero-order valence-corrected chi connectivity index (χ0v) is 14.9. The van der Waals surface area contributed by atoms with Crippen molar-refractivity contribution in [1.82, 2.24) is 0 Å². The Balaban J connectivity index is 2.65. The molecule has 1 heteroatoms. The van der Waals surface area contributed by atoms with Crippen LogP contribution in [-0.2, 0) is 0 Å². The molecule has 0 saturated carbocycles. The highest BCUT2D eigenvalue weighted by molar-refractivity contribution is 9.09. The van der Waals surface area contributed by atoms with Gasteiger partial charge in [0.15, 0.2) is 0 Å². The van der Waals surface area contributed by atoms with E-state index in [1.54, 1.807) is 0 Å². The van der Waals surface area contributed by atoms with E-state index in [0.717, 1.165) is 0 Å². The van der Waals surface area contributed by atoms with E-state index in [1.807, 2.05) is 0 Å². The molecule has 0 fully saturated rings. The van der Waals surface area contributed by atoms with Gasteiger partial charge in [-0.2, -0.15) is 0 Å². The highest BCUT2D eigenvalue weighted by atomic mass is 79.9. The Bertz CT molecular complexity index is 627. The first-order valence-electron chi connectivity index (χ1n) is 7.12. The number of aryl methyl sites for hydroxylation is 3. The van der Waals surface area contributed by atoms with E-state index >= 15 is 0 Å². The molecule has 2 aromatic carbocycles. The van der Waals surface area contributed by atoms with E-state index in [4.69, 9.17) is 0 Å². The molecule has 0 N–H and O–H groups in total. The fraction of sp³-hybridized carbons (Fsp3) is 0.368. The molecule has 0 aliphatic carbocycles. The highest BCUT2D eigenvalue weighted by Gasteiger charge is 2.19.